The number of hydrogen-bond acceptors (Lipinski definition) is 7. The molecule has 0 atom stereocenters. The van der Waals surface area contributed by atoms with Crippen molar-refractivity contribution in [3.63, 3.8) is 0 Å². The Bertz CT molecular complexity index is 2030. The van der Waals surface area contributed by atoms with Crippen LogP contribution in [0.15, 0.2) is 102 Å². The molecule has 3 heterocycles. The minimum atomic E-state index is -3.79. The van der Waals surface area contributed by atoms with E-state index in [-0.39, 0.29) is 23.3 Å². The van der Waals surface area contributed by atoms with Crippen LogP contribution in [0, 0.1) is 12.8 Å². The molecule has 210 valence electrons. The van der Waals surface area contributed by atoms with Crippen LogP contribution in [0.1, 0.15) is 30.1 Å². The summed E-state index contributed by atoms with van der Waals surface area (Å²) in [5.41, 5.74) is 12.6. The van der Waals surface area contributed by atoms with Crippen LogP contribution in [0.4, 0.5) is 5.82 Å². The molecule has 1 aliphatic rings. The molecule has 2 N–H and O–H groups in total. The van der Waals surface area contributed by atoms with Crippen LogP contribution in [0.25, 0.3) is 38.9 Å². The summed E-state index contributed by atoms with van der Waals surface area (Å²) in [6.45, 7) is 2.06. The molecule has 0 radical (unpaired) electrons. The number of nitrogens with zero attached hydrogens (tertiary/aromatic N) is 4. The van der Waals surface area contributed by atoms with Crippen LogP contribution in [-0.4, -0.2) is 34.4 Å². The third-order valence-corrected chi connectivity index (χ3v) is 9.31. The minimum absolute atomic E-state index is 0.117. The Morgan fingerprint density at radius 3 is 2.48 bits per heavy atom. The van der Waals surface area contributed by atoms with Crippen molar-refractivity contribution < 1.29 is 12.6 Å². The lowest BCUT2D eigenvalue weighted by molar-refractivity contribution is 0.158. The highest BCUT2D eigenvalue weighted by Crippen LogP contribution is 2.43. The highest BCUT2D eigenvalue weighted by Gasteiger charge is 2.35. The van der Waals surface area contributed by atoms with E-state index in [0.717, 1.165) is 63.2 Å². The standard InChI is InChI=1S/C33H29N5O3S/c1-21-7-12-27(13-8-21)42(39,40)41-20-22-17-26(18-22)33-37-30(31-32(34)35-15-16-38(31)33)25-10-9-24-11-14-28(36-29(24)19-25)23-5-3-2-4-6-23/h2-16,19,22,26H,17-18,20H2,1H3,(H2,34,35)/t22-,26+. The molecule has 0 saturated heterocycles. The van der Waals surface area contributed by atoms with E-state index in [4.69, 9.17) is 19.9 Å². The molecule has 42 heavy (non-hydrogen) atoms. The van der Waals surface area contributed by atoms with Gasteiger partial charge in [0.1, 0.15) is 22.9 Å². The lowest BCUT2D eigenvalue weighted by Gasteiger charge is -2.34. The molecule has 1 aliphatic carbocycles. The number of anilines is 1. The summed E-state index contributed by atoms with van der Waals surface area (Å²) < 4.78 is 32.7. The van der Waals surface area contributed by atoms with E-state index in [2.05, 4.69) is 29.2 Å². The quantitative estimate of drug-likeness (QED) is 0.219. The number of pyridine rings is 1. The molecule has 0 aliphatic heterocycles. The summed E-state index contributed by atoms with van der Waals surface area (Å²) in [5, 5.41) is 1.04. The fourth-order valence-electron chi connectivity index (χ4n) is 5.65. The Hall–Kier alpha value is -4.60. The number of aromatic nitrogens is 4. The van der Waals surface area contributed by atoms with E-state index in [1.54, 1.807) is 30.5 Å². The first-order valence-electron chi connectivity index (χ1n) is 13.9. The van der Waals surface area contributed by atoms with Gasteiger partial charge in [-0.05, 0) is 49.9 Å². The van der Waals surface area contributed by atoms with Gasteiger partial charge in [-0.3, -0.25) is 8.58 Å². The largest absolute Gasteiger partial charge is 0.382 e. The number of benzene rings is 3. The summed E-state index contributed by atoms with van der Waals surface area (Å²) in [7, 11) is -3.79. The number of nitrogens with two attached hydrogens (primary N) is 1. The van der Waals surface area contributed by atoms with E-state index in [0.29, 0.717) is 5.82 Å². The van der Waals surface area contributed by atoms with Crippen LogP contribution in [0.2, 0.25) is 0 Å². The third-order valence-electron chi connectivity index (χ3n) is 8.01. The van der Waals surface area contributed by atoms with E-state index in [1.807, 2.05) is 53.9 Å². The Labute approximate surface area is 244 Å². The predicted molar refractivity (Wildman–Crippen MR) is 163 cm³/mol. The number of aryl methyl sites for hydroxylation is 1. The maximum Gasteiger partial charge on any atom is 0.296 e. The number of fused-ring (bicyclic) bond motifs is 2. The molecule has 7 rings (SSSR count). The second-order valence-electron chi connectivity index (χ2n) is 10.9. The van der Waals surface area contributed by atoms with Gasteiger partial charge in [0.2, 0.25) is 0 Å². The number of rotatable bonds is 7. The van der Waals surface area contributed by atoms with Gasteiger partial charge in [0, 0.05) is 34.8 Å². The predicted octanol–water partition coefficient (Wildman–Crippen LogP) is 6.40. The first-order valence-corrected chi connectivity index (χ1v) is 15.3. The molecular weight excluding hydrogens is 546 g/mol. The van der Waals surface area contributed by atoms with Gasteiger partial charge in [-0.1, -0.05) is 66.2 Å². The maximum atomic E-state index is 12.6. The van der Waals surface area contributed by atoms with Crippen molar-refractivity contribution >= 4 is 32.4 Å². The van der Waals surface area contributed by atoms with Gasteiger partial charge in [0.25, 0.3) is 10.1 Å². The van der Waals surface area contributed by atoms with Crippen molar-refractivity contribution in [3.8, 4) is 22.5 Å². The summed E-state index contributed by atoms with van der Waals surface area (Å²) in [6.07, 6.45) is 5.10. The van der Waals surface area contributed by atoms with Crippen molar-refractivity contribution in [1.82, 2.24) is 19.4 Å². The zero-order valence-corrected chi connectivity index (χ0v) is 23.8. The molecule has 1 saturated carbocycles. The van der Waals surface area contributed by atoms with Crippen LogP contribution in [0.3, 0.4) is 0 Å². The van der Waals surface area contributed by atoms with Crippen molar-refractivity contribution in [2.45, 2.75) is 30.6 Å². The van der Waals surface area contributed by atoms with Crippen LogP contribution < -0.4 is 5.73 Å². The van der Waals surface area contributed by atoms with E-state index in [1.165, 1.54) is 0 Å². The number of hydrogen-bond donors (Lipinski definition) is 1. The topological polar surface area (TPSA) is 112 Å². The molecule has 9 heteroatoms. The minimum Gasteiger partial charge on any atom is -0.382 e. The molecule has 0 amide bonds. The van der Waals surface area contributed by atoms with Gasteiger partial charge >= 0.3 is 0 Å². The SMILES string of the molecule is Cc1ccc(S(=O)(=O)OC[C@H]2C[C@@H](c3nc(-c4ccc5ccc(-c6ccccc6)nc5c4)c4c(N)nccn43)C2)cc1. The molecule has 8 nitrogen and oxygen atoms in total. The number of imidazole rings is 1. The average molecular weight is 576 g/mol. The third kappa shape index (κ3) is 4.80. The van der Waals surface area contributed by atoms with Crippen LogP contribution in [0.5, 0.6) is 0 Å². The van der Waals surface area contributed by atoms with Crippen molar-refractivity contribution in [2.75, 3.05) is 12.3 Å². The van der Waals surface area contributed by atoms with E-state index >= 15 is 0 Å². The monoisotopic (exact) mass is 575 g/mol. The Kier molecular flexibility index (Phi) is 6.48. The molecule has 6 aromatic rings. The van der Waals surface area contributed by atoms with Gasteiger partial charge in [0.15, 0.2) is 0 Å². The highest BCUT2D eigenvalue weighted by atomic mass is 32.2. The molecule has 0 bridgehead atoms. The second kappa shape index (κ2) is 10.3. The molecule has 0 spiro atoms. The molecule has 1 fully saturated rings. The maximum absolute atomic E-state index is 12.6. The first-order chi connectivity index (χ1) is 20.4. The summed E-state index contributed by atoms with van der Waals surface area (Å²) >= 11 is 0. The average Bonchev–Trinajstić information content (AvgIpc) is 3.37. The smallest absolute Gasteiger partial charge is 0.296 e. The van der Waals surface area contributed by atoms with E-state index in [9.17, 15) is 8.42 Å². The first kappa shape index (κ1) is 26.3. The fraction of sp³-hybridized carbons (Fsp3) is 0.182. The lowest BCUT2D eigenvalue weighted by Crippen LogP contribution is -2.28. The second-order valence-corrected chi connectivity index (χ2v) is 12.5. The number of nitrogen functional groups attached to an aromatic ring is 1. The van der Waals surface area contributed by atoms with Gasteiger partial charge in [-0.2, -0.15) is 8.42 Å². The normalized spacial score (nSPS) is 17.0. The fourth-order valence-corrected chi connectivity index (χ4v) is 6.63. The summed E-state index contributed by atoms with van der Waals surface area (Å²) in [4.78, 5) is 14.5. The molecule has 3 aromatic heterocycles. The Balaban J connectivity index is 1.15. The van der Waals surface area contributed by atoms with Gasteiger partial charge in [-0.15, -0.1) is 0 Å². The highest BCUT2D eigenvalue weighted by molar-refractivity contribution is 7.86. The van der Waals surface area contributed by atoms with Crippen molar-refractivity contribution in [2.24, 2.45) is 5.92 Å². The summed E-state index contributed by atoms with van der Waals surface area (Å²) in [6, 6.07) is 27.1. The van der Waals surface area contributed by atoms with Gasteiger partial charge < -0.3 is 5.73 Å². The van der Waals surface area contributed by atoms with Crippen molar-refractivity contribution in [1.29, 1.82) is 0 Å². The zero-order chi connectivity index (χ0) is 28.8. The molecule has 3 aromatic carbocycles. The van der Waals surface area contributed by atoms with E-state index < -0.39 is 10.1 Å². The summed E-state index contributed by atoms with van der Waals surface area (Å²) in [5.74, 6) is 1.55. The van der Waals surface area contributed by atoms with Crippen molar-refractivity contribution in [3.05, 3.63) is 109 Å². The van der Waals surface area contributed by atoms with Gasteiger partial charge in [-0.25, -0.2) is 15.0 Å². The Morgan fingerprint density at radius 2 is 1.69 bits per heavy atom. The Morgan fingerprint density at radius 1 is 0.929 bits per heavy atom. The zero-order valence-electron chi connectivity index (χ0n) is 23.0. The lowest BCUT2D eigenvalue weighted by atomic mass is 9.75. The van der Waals surface area contributed by atoms with Gasteiger partial charge in [0.05, 0.1) is 22.7 Å². The molecule has 0 unspecified atom stereocenters. The van der Waals surface area contributed by atoms with Crippen LogP contribution in [-0.2, 0) is 14.3 Å². The van der Waals surface area contributed by atoms with Crippen LogP contribution >= 0.6 is 0 Å². The molecular formula is C33H29N5O3S.